The van der Waals surface area contributed by atoms with E-state index in [0.29, 0.717) is 11.5 Å². The fourth-order valence-electron chi connectivity index (χ4n) is 3.35. The van der Waals surface area contributed by atoms with Crippen LogP contribution in [0.1, 0.15) is 23.4 Å². The zero-order chi connectivity index (χ0) is 16.9. The number of hydrogen-bond donors (Lipinski definition) is 1. The third-order valence-electron chi connectivity index (χ3n) is 4.56. The van der Waals surface area contributed by atoms with Crippen LogP contribution in [0.2, 0.25) is 0 Å². The van der Waals surface area contributed by atoms with Gasteiger partial charge in [0.2, 0.25) is 9.84 Å². The maximum atomic E-state index is 13.2. The highest BCUT2D eigenvalue weighted by Gasteiger charge is 2.30. The maximum absolute atomic E-state index is 13.2. The van der Waals surface area contributed by atoms with Gasteiger partial charge < -0.3 is 5.32 Å². The quantitative estimate of drug-likeness (QED) is 0.791. The molecule has 0 bridgehead atoms. The maximum Gasteiger partial charge on any atom is 0.214 e. The summed E-state index contributed by atoms with van der Waals surface area (Å²) >= 11 is 0. The minimum atomic E-state index is -3.71. The fourth-order valence-corrected chi connectivity index (χ4v) is 4.87. The predicted octanol–water partition coefficient (Wildman–Crippen LogP) is 2.40. The lowest BCUT2D eigenvalue weighted by molar-refractivity contribution is 0.597. The summed E-state index contributed by atoms with van der Waals surface area (Å²) in [5.41, 5.74) is 3.56. The van der Waals surface area contributed by atoms with Crippen molar-refractivity contribution < 1.29 is 8.42 Å². The molecule has 4 rings (SSSR count). The van der Waals surface area contributed by atoms with E-state index >= 15 is 0 Å². The van der Waals surface area contributed by atoms with Crippen LogP contribution >= 0.6 is 0 Å². The number of hydrogen-bond acceptors (Lipinski definition) is 5. The number of aryl methyl sites for hydroxylation is 2. The number of rotatable bonds is 3. The Morgan fingerprint density at radius 1 is 1.17 bits per heavy atom. The van der Waals surface area contributed by atoms with Crippen molar-refractivity contribution in [3.8, 4) is 0 Å². The van der Waals surface area contributed by atoms with Crippen molar-refractivity contribution >= 4 is 21.3 Å². The summed E-state index contributed by atoms with van der Waals surface area (Å²) in [6.45, 7) is 1.98. The molecular formula is C17H18N4O2S. The number of anilines is 1. The normalized spacial score (nSPS) is 14.1. The second-order valence-corrected chi connectivity index (χ2v) is 7.84. The molecule has 1 aliphatic carbocycles. The summed E-state index contributed by atoms with van der Waals surface area (Å²) in [5, 5.41) is 7.38. The third kappa shape index (κ3) is 2.04. The summed E-state index contributed by atoms with van der Waals surface area (Å²) in [6.07, 6.45) is 2.91. The van der Waals surface area contributed by atoms with Crippen molar-refractivity contribution in [2.75, 3.05) is 12.4 Å². The molecule has 2 aromatic heterocycles. The minimum Gasteiger partial charge on any atom is -0.370 e. The summed E-state index contributed by atoms with van der Waals surface area (Å²) < 4.78 is 28.0. The largest absolute Gasteiger partial charge is 0.370 e. The molecule has 1 aliphatic rings. The van der Waals surface area contributed by atoms with Gasteiger partial charge in [-0.3, -0.25) is 0 Å². The molecule has 0 aliphatic heterocycles. The molecule has 0 radical (unpaired) electrons. The SMILES string of the molecule is CNc1nn2c(C)c3c(nc2c1S(=O)(=O)c1ccccc1)CCC3. The number of benzene rings is 1. The van der Waals surface area contributed by atoms with Gasteiger partial charge >= 0.3 is 0 Å². The molecule has 6 nitrogen and oxygen atoms in total. The van der Waals surface area contributed by atoms with Gasteiger partial charge in [-0.2, -0.15) is 0 Å². The Morgan fingerprint density at radius 3 is 2.62 bits per heavy atom. The molecule has 2 heterocycles. The van der Waals surface area contributed by atoms with Crippen LogP contribution in [-0.4, -0.2) is 30.1 Å². The first-order valence-corrected chi connectivity index (χ1v) is 9.41. The van der Waals surface area contributed by atoms with Gasteiger partial charge in [0, 0.05) is 18.4 Å². The Morgan fingerprint density at radius 2 is 1.92 bits per heavy atom. The van der Waals surface area contributed by atoms with Gasteiger partial charge in [-0.05, 0) is 43.9 Å². The van der Waals surface area contributed by atoms with Crippen LogP contribution in [0.25, 0.3) is 5.65 Å². The van der Waals surface area contributed by atoms with E-state index in [4.69, 9.17) is 0 Å². The molecule has 124 valence electrons. The number of nitrogens with one attached hydrogen (secondary N) is 1. The number of aromatic nitrogens is 3. The highest BCUT2D eigenvalue weighted by Crippen LogP contribution is 2.33. The Labute approximate surface area is 140 Å². The van der Waals surface area contributed by atoms with Crippen LogP contribution in [0.3, 0.4) is 0 Å². The fraction of sp³-hybridized carbons (Fsp3) is 0.294. The van der Waals surface area contributed by atoms with E-state index < -0.39 is 9.84 Å². The first-order valence-electron chi connectivity index (χ1n) is 7.93. The standard InChI is InChI=1S/C17H18N4O2S/c1-11-13-9-6-10-14(13)19-17-15(16(18-2)20-21(11)17)24(22,23)12-7-4-3-5-8-12/h3-5,7-8H,6,9-10H2,1-2H3,(H,18,20). The van der Waals surface area contributed by atoms with E-state index in [0.717, 1.165) is 30.7 Å². The van der Waals surface area contributed by atoms with Gasteiger partial charge in [0.15, 0.2) is 16.4 Å². The second kappa shape index (κ2) is 5.31. The smallest absolute Gasteiger partial charge is 0.214 e. The van der Waals surface area contributed by atoms with Crippen molar-refractivity contribution in [1.82, 2.24) is 14.6 Å². The Hall–Kier alpha value is -2.41. The predicted molar refractivity (Wildman–Crippen MR) is 91.2 cm³/mol. The van der Waals surface area contributed by atoms with Gasteiger partial charge in [0.05, 0.1) is 4.90 Å². The molecule has 0 amide bonds. The Kier molecular flexibility index (Phi) is 3.35. The zero-order valence-corrected chi connectivity index (χ0v) is 14.4. The van der Waals surface area contributed by atoms with E-state index in [9.17, 15) is 8.42 Å². The van der Waals surface area contributed by atoms with Crippen LogP contribution in [0.5, 0.6) is 0 Å². The second-order valence-electron chi connectivity index (χ2n) is 5.96. The molecule has 0 atom stereocenters. The summed E-state index contributed by atoms with van der Waals surface area (Å²) in [7, 11) is -2.03. The first kappa shape index (κ1) is 15.1. The van der Waals surface area contributed by atoms with Gasteiger partial charge in [-0.15, -0.1) is 5.10 Å². The number of sulfone groups is 1. The zero-order valence-electron chi connectivity index (χ0n) is 13.6. The first-order chi connectivity index (χ1) is 11.5. The summed E-state index contributed by atoms with van der Waals surface area (Å²) in [4.78, 5) is 5.05. The molecule has 24 heavy (non-hydrogen) atoms. The van der Waals surface area contributed by atoms with E-state index in [2.05, 4.69) is 15.4 Å². The average Bonchev–Trinajstić information content (AvgIpc) is 3.20. The average molecular weight is 342 g/mol. The lowest BCUT2D eigenvalue weighted by atomic mass is 10.2. The molecule has 3 aromatic rings. The molecule has 0 saturated heterocycles. The highest BCUT2D eigenvalue weighted by atomic mass is 32.2. The monoisotopic (exact) mass is 342 g/mol. The molecule has 1 N–H and O–H groups in total. The molecule has 0 unspecified atom stereocenters. The van der Waals surface area contributed by atoms with E-state index in [1.165, 1.54) is 5.56 Å². The van der Waals surface area contributed by atoms with Crippen LogP contribution in [0.15, 0.2) is 40.1 Å². The van der Waals surface area contributed by atoms with E-state index in [1.54, 1.807) is 41.9 Å². The minimum absolute atomic E-state index is 0.147. The topological polar surface area (TPSA) is 76.4 Å². The van der Waals surface area contributed by atoms with Crippen LogP contribution < -0.4 is 5.32 Å². The molecule has 0 saturated carbocycles. The van der Waals surface area contributed by atoms with Crippen LogP contribution in [0.4, 0.5) is 5.82 Å². The molecular weight excluding hydrogens is 324 g/mol. The molecule has 0 fully saturated rings. The van der Waals surface area contributed by atoms with Crippen molar-refractivity contribution in [2.24, 2.45) is 0 Å². The summed E-state index contributed by atoms with van der Waals surface area (Å²) in [6, 6.07) is 8.42. The van der Waals surface area contributed by atoms with Crippen LogP contribution in [0, 0.1) is 6.92 Å². The molecule has 7 heteroatoms. The Balaban J connectivity index is 2.07. The van der Waals surface area contributed by atoms with Crippen molar-refractivity contribution in [2.45, 2.75) is 36.0 Å². The van der Waals surface area contributed by atoms with E-state index in [1.807, 2.05) is 6.92 Å². The Bertz CT molecular complexity index is 1040. The van der Waals surface area contributed by atoms with E-state index in [-0.39, 0.29) is 9.79 Å². The van der Waals surface area contributed by atoms with Gasteiger partial charge in [0.1, 0.15) is 0 Å². The summed E-state index contributed by atoms with van der Waals surface area (Å²) in [5.74, 6) is 0.332. The third-order valence-corrected chi connectivity index (χ3v) is 6.37. The highest BCUT2D eigenvalue weighted by molar-refractivity contribution is 7.91. The molecule has 1 aromatic carbocycles. The van der Waals surface area contributed by atoms with Crippen molar-refractivity contribution in [3.05, 3.63) is 47.3 Å². The van der Waals surface area contributed by atoms with Gasteiger partial charge in [-0.1, -0.05) is 18.2 Å². The number of nitrogens with zero attached hydrogens (tertiary/aromatic N) is 3. The van der Waals surface area contributed by atoms with Crippen LogP contribution in [-0.2, 0) is 22.7 Å². The van der Waals surface area contributed by atoms with Crippen molar-refractivity contribution in [1.29, 1.82) is 0 Å². The van der Waals surface area contributed by atoms with Crippen molar-refractivity contribution in [3.63, 3.8) is 0 Å². The van der Waals surface area contributed by atoms with Gasteiger partial charge in [0.25, 0.3) is 0 Å². The lowest BCUT2D eigenvalue weighted by Gasteiger charge is -2.07. The van der Waals surface area contributed by atoms with Gasteiger partial charge in [-0.25, -0.2) is 17.9 Å². The molecule has 0 spiro atoms. The lowest BCUT2D eigenvalue weighted by Crippen LogP contribution is -2.07. The number of fused-ring (bicyclic) bond motifs is 2.